The summed E-state index contributed by atoms with van der Waals surface area (Å²) >= 11 is 0. The maximum atomic E-state index is 13.6. The highest BCUT2D eigenvalue weighted by Gasteiger charge is 2.49. The van der Waals surface area contributed by atoms with Crippen molar-refractivity contribution < 1.29 is 19.2 Å². The molecule has 0 atom stereocenters. The van der Waals surface area contributed by atoms with Crippen LogP contribution in [0.2, 0.25) is 0 Å². The van der Waals surface area contributed by atoms with Crippen molar-refractivity contribution in [2.45, 2.75) is 264 Å². The molecule has 0 aliphatic carbocycles. The number of unbranched alkanes of at least 4 members (excludes halogenated alkanes) is 30. The lowest BCUT2D eigenvalue weighted by molar-refractivity contribution is -0.150. The van der Waals surface area contributed by atoms with E-state index in [0.29, 0.717) is 12.8 Å². The van der Waals surface area contributed by atoms with Crippen LogP contribution in [0.15, 0.2) is 24.3 Å². The number of rotatable bonds is 45. The summed E-state index contributed by atoms with van der Waals surface area (Å²) < 4.78 is 0. The van der Waals surface area contributed by atoms with Gasteiger partial charge >= 0.3 is 0 Å². The van der Waals surface area contributed by atoms with E-state index >= 15 is 0 Å². The van der Waals surface area contributed by atoms with Crippen LogP contribution in [0.25, 0.3) is 0 Å². The molecule has 0 bridgehead atoms. The molecule has 56 heavy (non-hydrogen) atoms. The fourth-order valence-corrected chi connectivity index (χ4v) is 7.91. The van der Waals surface area contributed by atoms with Crippen LogP contribution < -0.4 is 11.5 Å². The van der Waals surface area contributed by atoms with E-state index in [1.807, 2.05) is 0 Å². The van der Waals surface area contributed by atoms with E-state index in [0.717, 1.165) is 38.5 Å². The van der Waals surface area contributed by atoms with Gasteiger partial charge in [-0.1, -0.05) is 192 Å². The predicted molar refractivity (Wildman–Crippen MR) is 241 cm³/mol. The molecule has 0 rings (SSSR count). The second-order valence-electron chi connectivity index (χ2n) is 16.9. The normalized spacial score (nSPS) is 12.0. The summed E-state index contributed by atoms with van der Waals surface area (Å²) in [5, 5.41) is 0. The molecule has 0 unspecified atom stereocenters. The van der Waals surface area contributed by atoms with Crippen LogP contribution in [-0.2, 0) is 19.2 Å². The molecule has 2 amide bonds. The summed E-state index contributed by atoms with van der Waals surface area (Å²) in [5.41, 5.74) is 9.35. The average molecular weight is 785 g/mol. The lowest BCUT2D eigenvalue weighted by atomic mass is 9.71. The molecule has 0 radical (unpaired) electrons. The zero-order chi connectivity index (χ0) is 41.2. The van der Waals surface area contributed by atoms with Crippen molar-refractivity contribution in [2.75, 3.05) is 0 Å². The zero-order valence-corrected chi connectivity index (χ0v) is 37.2. The minimum Gasteiger partial charge on any atom is -0.370 e. The smallest absolute Gasteiger partial charge is 0.238 e. The molecule has 0 fully saturated rings. The first-order chi connectivity index (χ1) is 27.3. The molecular weight excluding hydrogens is 693 g/mol. The topological polar surface area (TPSA) is 120 Å². The first-order valence-corrected chi connectivity index (χ1v) is 24.3. The molecule has 0 aromatic carbocycles. The average Bonchev–Trinajstić information content (AvgIpc) is 3.17. The predicted octanol–water partition coefficient (Wildman–Crippen LogP) is 14.4. The number of nitrogens with two attached hydrogens (primary N) is 2. The van der Waals surface area contributed by atoms with Crippen molar-refractivity contribution in [3.63, 3.8) is 0 Å². The highest BCUT2D eigenvalue weighted by molar-refractivity contribution is 6.23. The molecule has 0 spiro atoms. The molecule has 326 valence electrons. The number of hydrogen-bond acceptors (Lipinski definition) is 4. The molecule has 0 saturated heterocycles. The maximum absolute atomic E-state index is 13.6. The Morgan fingerprint density at radius 2 is 0.625 bits per heavy atom. The van der Waals surface area contributed by atoms with Gasteiger partial charge in [-0.2, -0.15) is 0 Å². The monoisotopic (exact) mass is 785 g/mol. The Labute approximate surface area is 347 Å². The van der Waals surface area contributed by atoms with Crippen molar-refractivity contribution in [1.29, 1.82) is 0 Å². The third-order valence-corrected chi connectivity index (χ3v) is 11.7. The number of allylic oxidation sites excluding steroid dienone is 4. The van der Waals surface area contributed by atoms with E-state index in [2.05, 4.69) is 38.2 Å². The standard InChI is InChI=1S/C50H92N2O4/c1-3-5-7-9-11-13-15-17-19-21-23-25-27-29-31-33-35-37-39-42-46(53)50(49(52)56,45-41-44-48(51)55)47(54)43-40-38-36-34-32-30-28-26-24-22-20-18-16-14-12-10-8-6-4-2/h17-20H,3-16,21-45H2,1-2H3,(H2,51,55)(H2,52,56)/b19-17-,20-18-. The second kappa shape index (κ2) is 40.9. The van der Waals surface area contributed by atoms with Crippen molar-refractivity contribution in [3.05, 3.63) is 24.3 Å². The zero-order valence-electron chi connectivity index (χ0n) is 37.2. The summed E-state index contributed by atoms with van der Waals surface area (Å²) in [6, 6.07) is 0. The minimum absolute atomic E-state index is 0.0211. The second-order valence-corrected chi connectivity index (χ2v) is 16.9. The van der Waals surface area contributed by atoms with Crippen molar-refractivity contribution in [3.8, 4) is 0 Å². The molecule has 0 aromatic rings. The fourth-order valence-electron chi connectivity index (χ4n) is 7.91. The summed E-state index contributed by atoms with van der Waals surface area (Å²) in [5.74, 6) is -2.10. The Balaban J connectivity index is 4.23. The Morgan fingerprint density at radius 1 is 0.357 bits per heavy atom. The van der Waals surface area contributed by atoms with Gasteiger partial charge in [0.15, 0.2) is 17.0 Å². The van der Waals surface area contributed by atoms with Gasteiger partial charge in [0.05, 0.1) is 0 Å². The van der Waals surface area contributed by atoms with Gasteiger partial charge in [-0.25, -0.2) is 0 Å². The lowest BCUT2D eigenvalue weighted by Gasteiger charge is -2.28. The lowest BCUT2D eigenvalue weighted by Crippen LogP contribution is -2.50. The summed E-state index contributed by atoms with van der Waals surface area (Å²) in [6.07, 6.45) is 51.2. The summed E-state index contributed by atoms with van der Waals surface area (Å²) in [7, 11) is 0. The molecule has 0 aliphatic rings. The molecular formula is C50H92N2O4. The highest BCUT2D eigenvalue weighted by atomic mass is 16.2. The van der Waals surface area contributed by atoms with Gasteiger partial charge in [0.1, 0.15) is 0 Å². The van der Waals surface area contributed by atoms with Gasteiger partial charge in [-0.05, 0) is 77.0 Å². The number of Topliss-reactive ketones (excluding diaryl/α,β-unsaturated/α-hetero) is 2. The Bertz CT molecular complexity index is 943. The molecule has 0 aliphatic heterocycles. The van der Waals surface area contributed by atoms with Crippen LogP contribution in [0.4, 0.5) is 0 Å². The number of carbonyl (C=O) groups is 4. The minimum atomic E-state index is -1.83. The van der Waals surface area contributed by atoms with Crippen LogP contribution in [0, 0.1) is 5.41 Å². The number of primary amides is 2. The van der Waals surface area contributed by atoms with E-state index in [9.17, 15) is 19.2 Å². The van der Waals surface area contributed by atoms with E-state index in [4.69, 9.17) is 11.5 Å². The number of carbonyl (C=O) groups excluding carboxylic acids is 4. The van der Waals surface area contributed by atoms with Gasteiger partial charge in [0.25, 0.3) is 0 Å². The van der Waals surface area contributed by atoms with E-state index in [-0.39, 0.29) is 43.7 Å². The number of ketones is 2. The van der Waals surface area contributed by atoms with Gasteiger partial charge in [0, 0.05) is 19.3 Å². The SMILES string of the molecule is CCCCCCCC/C=C\CCCCCCCCCCCC(=O)C(CCCC(N)=O)(C(N)=O)C(=O)CCCCCCCCCCC/C=C\CCCCCCCC. The molecule has 6 nitrogen and oxygen atoms in total. The molecule has 6 heteroatoms. The first kappa shape index (κ1) is 53.8. The van der Waals surface area contributed by atoms with Crippen LogP contribution >= 0.6 is 0 Å². The Morgan fingerprint density at radius 3 is 0.893 bits per heavy atom. The number of amides is 2. The van der Waals surface area contributed by atoms with Gasteiger partial charge < -0.3 is 11.5 Å². The third-order valence-electron chi connectivity index (χ3n) is 11.7. The van der Waals surface area contributed by atoms with Gasteiger partial charge in [0.2, 0.25) is 11.8 Å². The van der Waals surface area contributed by atoms with E-state index in [1.165, 1.54) is 167 Å². The Hall–Kier alpha value is -2.24. The molecule has 4 N–H and O–H groups in total. The maximum Gasteiger partial charge on any atom is 0.238 e. The van der Waals surface area contributed by atoms with Gasteiger partial charge in [-0.3, -0.25) is 19.2 Å². The van der Waals surface area contributed by atoms with Crippen molar-refractivity contribution >= 4 is 23.4 Å². The highest BCUT2D eigenvalue weighted by Crippen LogP contribution is 2.32. The van der Waals surface area contributed by atoms with Crippen LogP contribution in [0.5, 0.6) is 0 Å². The summed E-state index contributed by atoms with van der Waals surface area (Å²) in [6.45, 7) is 4.53. The number of hydrogen-bond donors (Lipinski definition) is 2. The molecule has 0 aromatic heterocycles. The van der Waals surface area contributed by atoms with Crippen LogP contribution in [0.1, 0.15) is 264 Å². The first-order valence-electron chi connectivity index (χ1n) is 24.3. The van der Waals surface area contributed by atoms with Crippen molar-refractivity contribution in [2.24, 2.45) is 16.9 Å². The van der Waals surface area contributed by atoms with Crippen LogP contribution in [0.3, 0.4) is 0 Å². The quantitative estimate of drug-likeness (QED) is 0.0363. The van der Waals surface area contributed by atoms with E-state index < -0.39 is 17.2 Å². The van der Waals surface area contributed by atoms with Crippen molar-refractivity contribution in [1.82, 2.24) is 0 Å². The fraction of sp³-hybridized carbons (Fsp3) is 0.840. The van der Waals surface area contributed by atoms with E-state index in [1.54, 1.807) is 0 Å². The van der Waals surface area contributed by atoms with Crippen LogP contribution in [-0.4, -0.2) is 23.4 Å². The third kappa shape index (κ3) is 31.8. The molecule has 0 heterocycles. The van der Waals surface area contributed by atoms with Gasteiger partial charge in [-0.15, -0.1) is 0 Å². The summed E-state index contributed by atoms with van der Waals surface area (Å²) in [4.78, 5) is 51.4. The molecule has 0 saturated carbocycles. The largest absolute Gasteiger partial charge is 0.370 e. The Kier molecular flexibility index (Phi) is 39.3.